The molecular formula is C17H20N4O3. The molecule has 126 valence electrons. The zero-order valence-corrected chi connectivity index (χ0v) is 13.8. The summed E-state index contributed by atoms with van der Waals surface area (Å²) in [6.07, 6.45) is 2.36. The van der Waals surface area contributed by atoms with Gasteiger partial charge in [-0.25, -0.2) is 0 Å². The quantitative estimate of drug-likeness (QED) is 0.908. The van der Waals surface area contributed by atoms with Gasteiger partial charge in [-0.2, -0.15) is 0 Å². The van der Waals surface area contributed by atoms with Crippen molar-refractivity contribution in [3.8, 4) is 11.5 Å². The maximum atomic E-state index is 12.3. The molecule has 2 aromatic rings. The number of hydrogen-bond donors (Lipinski definition) is 1. The summed E-state index contributed by atoms with van der Waals surface area (Å²) in [5, 5.41) is 11.0. The summed E-state index contributed by atoms with van der Waals surface area (Å²) >= 11 is 0. The molecule has 0 aliphatic carbocycles. The molecule has 2 heterocycles. The summed E-state index contributed by atoms with van der Waals surface area (Å²) in [6, 6.07) is 8.63. The average Bonchev–Trinajstić information content (AvgIpc) is 3.16. The Kier molecular flexibility index (Phi) is 4.79. The van der Waals surface area contributed by atoms with Crippen LogP contribution in [0.15, 0.2) is 30.3 Å². The number of rotatable bonds is 5. The van der Waals surface area contributed by atoms with Crippen molar-refractivity contribution in [3.63, 3.8) is 0 Å². The van der Waals surface area contributed by atoms with E-state index in [2.05, 4.69) is 20.4 Å². The highest BCUT2D eigenvalue weighted by molar-refractivity contribution is 6.04. The number of methoxy groups -OCH3 is 2. The van der Waals surface area contributed by atoms with Crippen molar-refractivity contribution < 1.29 is 14.3 Å². The number of carbonyl (C=O) groups excluding carboxylic acids is 1. The first-order chi connectivity index (χ1) is 11.7. The van der Waals surface area contributed by atoms with E-state index in [-0.39, 0.29) is 5.91 Å². The largest absolute Gasteiger partial charge is 0.493 e. The van der Waals surface area contributed by atoms with E-state index in [1.165, 1.54) is 20.0 Å². The zero-order chi connectivity index (χ0) is 16.9. The van der Waals surface area contributed by atoms with Crippen molar-refractivity contribution >= 4 is 17.5 Å². The number of hydrogen-bond acceptors (Lipinski definition) is 6. The molecule has 7 nitrogen and oxygen atoms in total. The van der Waals surface area contributed by atoms with Gasteiger partial charge in [0.2, 0.25) is 0 Å². The summed E-state index contributed by atoms with van der Waals surface area (Å²) < 4.78 is 10.4. The van der Waals surface area contributed by atoms with Crippen molar-refractivity contribution in [1.29, 1.82) is 0 Å². The van der Waals surface area contributed by atoms with Gasteiger partial charge >= 0.3 is 0 Å². The molecule has 1 fully saturated rings. The first kappa shape index (κ1) is 16.0. The second kappa shape index (κ2) is 7.16. The molecule has 0 unspecified atom stereocenters. The SMILES string of the molecule is COc1ccc(C(=O)Nc2ccc(N3CCCC3)nn2)cc1OC. The molecule has 1 aromatic carbocycles. The van der Waals surface area contributed by atoms with Crippen LogP contribution < -0.4 is 19.7 Å². The third kappa shape index (κ3) is 3.40. The monoisotopic (exact) mass is 328 g/mol. The number of aromatic nitrogens is 2. The molecule has 0 radical (unpaired) electrons. The summed E-state index contributed by atoms with van der Waals surface area (Å²) in [6.45, 7) is 2.01. The summed E-state index contributed by atoms with van der Waals surface area (Å²) in [5.74, 6) is 2.05. The Hall–Kier alpha value is -2.83. The molecule has 0 atom stereocenters. The van der Waals surface area contributed by atoms with E-state index in [4.69, 9.17) is 9.47 Å². The Labute approximate surface area is 140 Å². The predicted octanol–water partition coefficient (Wildman–Crippen LogP) is 2.35. The number of ether oxygens (including phenoxy) is 2. The average molecular weight is 328 g/mol. The van der Waals surface area contributed by atoms with E-state index in [0.29, 0.717) is 22.9 Å². The van der Waals surface area contributed by atoms with Crippen LogP contribution in [0.2, 0.25) is 0 Å². The zero-order valence-electron chi connectivity index (χ0n) is 13.8. The first-order valence-corrected chi connectivity index (χ1v) is 7.83. The van der Waals surface area contributed by atoms with Gasteiger partial charge in [-0.1, -0.05) is 0 Å². The van der Waals surface area contributed by atoms with Gasteiger partial charge in [-0.3, -0.25) is 4.79 Å². The Bertz CT molecular complexity index is 712. The van der Waals surface area contributed by atoms with Crippen molar-refractivity contribution in [2.75, 3.05) is 37.5 Å². The van der Waals surface area contributed by atoms with E-state index in [1.54, 1.807) is 31.4 Å². The Balaban J connectivity index is 1.70. The smallest absolute Gasteiger partial charge is 0.257 e. The lowest BCUT2D eigenvalue weighted by molar-refractivity contribution is 0.102. The number of carbonyl (C=O) groups is 1. The molecule has 1 amide bonds. The van der Waals surface area contributed by atoms with E-state index in [1.807, 2.05) is 6.07 Å². The van der Waals surface area contributed by atoms with Gasteiger partial charge in [-0.15, -0.1) is 10.2 Å². The molecule has 1 N–H and O–H groups in total. The number of amides is 1. The van der Waals surface area contributed by atoms with Crippen molar-refractivity contribution in [2.24, 2.45) is 0 Å². The van der Waals surface area contributed by atoms with Gasteiger partial charge in [0.15, 0.2) is 23.1 Å². The minimum Gasteiger partial charge on any atom is -0.493 e. The second-order valence-electron chi connectivity index (χ2n) is 5.49. The number of nitrogens with one attached hydrogen (secondary N) is 1. The molecular weight excluding hydrogens is 308 g/mol. The van der Waals surface area contributed by atoms with Gasteiger partial charge in [0, 0.05) is 18.7 Å². The summed E-state index contributed by atoms with van der Waals surface area (Å²) in [5.41, 5.74) is 0.457. The molecule has 0 spiro atoms. The third-order valence-electron chi connectivity index (χ3n) is 3.97. The van der Waals surface area contributed by atoms with E-state index < -0.39 is 0 Å². The fraction of sp³-hybridized carbons (Fsp3) is 0.353. The van der Waals surface area contributed by atoms with Crippen LogP contribution >= 0.6 is 0 Å². The molecule has 1 aliphatic rings. The predicted molar refractivity (Wildman–Crippen MR) is 91.0 cm³/mol. The molecule has 24 heavy (non-hydrogen) atoms. The topological polar surface area (TPSA) is 76.6 Å². The molecule has 0 bridgehead atoms. The minimum atomic E-state index is -0.279. The molecule has 1 saturated heterocycles. The second-order valence-corrected chi connectivity index (χ2v) is 5.49. The van der Waals surface area contributed by atoms with Crippen LogP contribution in [0.1, 0.15) is 23.2 Å². The van der Waals surface area contributed by atoms with E-state index in [9.17, 15) is 4.79 Å². The maximum Gasteiger partial charge on any atom is 0.257 e. The molecule has 1 aromatic heterocycles. The van der Waals surface area contributed by atoms with Crippen LogP contribution in [0.3, 0.4) is 0 Å². The fourth-order valence-corrected chi connectivity index (χ4v) is 2.67. The number of nitrogens with zero attached hydrogens (tertiary/aromatic N) is 3. The van der Waals surface area contributed by atoms with E-state index >= 15 is 0 Å². The molecule has 7 heteroatoms. The molecule has 0 saturated carbocycles. The standard InChI is InChI=1S/C17H20N4O3/c1-23-13-6-5-12(11-14(13)24-2)17(22)18-15-7-8-16(20-19-15)21-9-3-4-10-21/h5-8,11H,3-4,9-10H2,1-2H3,(H,18,19,22). The van der Waals surface area contributed by atoms with Gasteiger partial charge in [-0.05, 0) is 43.2 Å². The lowest BCUT2D eigenvalue weighted by atomic mass is 10.2. The Morgan fingerprint density at radius 3 is 2.42 bits per heavy atom. The van der Waals surface area contributed by atoms with Crippen molar-refractivity contribution in [3.05, 3.63) is 35.9 Å². The molecule has 1 aliphatic heterocycles. The Morgan fingerprint density at radius 2 is 1.79 bits per heavy atom. The highest BCUT2D eigenvalue weighted by Crippen LogP contribution is 2.27. The van der Waals surface area contributed by atoms with Crippen LogP contribution in [-0.4, -0.2) is 43.4 Å². The number of benzene rings is 1. The number of anilines is 2. The highest BCUT2D eigenvalue weighted by atomic mass is 16.5. The summed E-state index contributed by atoms with van der Waals surface area (Å²) in [4.78, 5) is 14.5. The third-order valence-corrected chi connectivity index (χ3v) is 3.97. The minimum absolute atomic E-state index is 0.279. The summed E-state index contributed by atoms with van der Waals surface area (Å²) in [7, 11) is 3.08. The van der Waals surface area contributed by atoms with Crippen LogP contribution in [0.4, 0.5) is 11.6 Å². The van der Waals surface area contributed by atoms with Crippen LogP contribution in [0.25, 0.3) is 0 Å². The normalized spacial score (nSPS) is 13.7. The van der Waals surface area contributed by atoms with Crippen LogP contribution in [0, 0.1) is 0 Å². The van der Waals surface area contributed by atoms with Crippen molar-refractivity contribution in [2.45, 2.75) is 12.8 Å². The lowest BCUT2D eigenvalue weighted by Gasteiger charge is -2.15. The van der Waals surface area contributed by atoms with Crippen LogP contribution in [-0.2, 0) is 0 Å². The lowest BCUT2D eigenvalue weighted by Crippen LogP contribution is -2.20. The van der Waals surface area contributed by atoms with Crippen LogP contribution in [0.5, 0.6) is 11.5 Å². The van der Waals surface area contributed by atoms with Gasteiger partial charge in [0.1, 0.15) is 0 Å². The maximum absolute atomic E-state index is 12.3. The fourth-order valence-electron chi connectivity index (χ4n) is 2.67. The molecule has 3 rings (SSSR count). The Morgan fingerprint density at radius 1 is 1.04 bits per heavy atom. The van der Waals surface area contributed by atoms with E-state index in [0.717, 1.165) is 18.9 Å². The van der Waals surface area contributed by atoms with Gasteiger partial charge in [0.25, 0.3) is 5.91 Å². The first-order valence-electron chi connectivity index (χ1n) is 7.83. The van der Waals surface area contributed by atoms with Crippen molar-refractivity contribution in [1.82, 2.24) is 10.2 Å². The van der Waals surface area contributed by atoms with Gasteiger partial charge < -0.3 is 19.7 Å². The van der Waals surface area contributed by atoms with Gasteiger partial charge in [0.05, 0.1) is 14.2 Å². The highest BCUT2D eigenvalue weighted by Gasteiger charge is 2.15.